The summed E-state index contributed by atoms with van der Waals surface area (Å²) >= 11 is -5.63. The monoisotopic (exact) mass is 1170 g/mol. The molecular weight excluding hydrogens is 1060 g/mol. The second-order valence-corrected chi connectivity index (χ2v) is 27.7. The molecule has 75 heavy (non-hydrogen) atoms. The van der Waals surface area contributed by atoms with Gasteiger partial charge in [-0.25, -0.2) is 0 Å². The molecule has 0 heterocycles. The van der Waals surface area contributed by atoms with Gasteiger partial charge in [0.05, 0.1) is 0 Å². The Morgan fingerprint density at radius 1 is 0.240 bits per heavy atom. The first kappa shape index (κ1) is 71.8. The third-order valence-electron chi connectivity index (χ3n) is 13.4. The van der Waals surface area contributed by atoms with Gasteiger partial charge in [0.15, 0.2) is 0 Å². The van der Waals surface area contributed by atoms with Crippen LogP contribution in [-0.2, 0) is 52.2 Å². The Morgan fingerprint density at radius 2 is 0.413 bits per heavy atom. The maximum atomic E-state index is 13.4. The van der Waals surface area contributed by atoms with Crippen molar-refractivity contribution in [2.75, 3.05) is 19.8 Å². The number of carbonyl (C=O) groups is 6. The van der Waals surface area contributed by atoms with Crippen LogP contribution in [0.3, 0.4) is 0 Å². The average Bonchev–Trinajstić information content (AvgIpc) is 3.39. The predicted molar refractivity (Wildman–Crippen MR) is 306 cm³/mol. The van der Waals surface area contributed by atoms with Crippen LogP contribution < -0.4 is 0 Å². The van der Waals surface area contributed by atoms with E-state index in [2.05, 4.69) is 27.7 Å². The summed E-state index contributed by atoms with van der Waals surface area (Å²) in [6.45, 7) is 9.41. The zero-order valence-electron chi connectivity index (χ0n) is 48.4. The summed E-state index contributed by atoms with van der Waals surface area (Å²) in [4.78, 5) is 78.0. The Labute approximate surface area is 463 Å². The van der Waals surface area contributed by atoms with E-state index in [0.29, 0.717) is 32.1 Å². The van der Waals surface area contributed by atoms with Gasteiger partial charge in [-0.05, 0) is 0 Å². The molecule has 0 spiro atoms. The van der Waals surface area contributed by atoms with Crippen LogP contribution in [0.2, 0.25) is 4.44 Å². The Balaban J connectivity index is 5.56. The van der Waals surface area contributed by atoms with Crippen LogP contribution >= 0.6 is 0 Å². The SMILES string of the molecule is CCCCCCCCCCCCCCOC(=O)/C=C\C(=O)[O][Sn]([CH2]CCCCCCC)([O]C(=O)/C=C\C(=O)OCCCCCCCCCCCCCC)[O]C(=O)/C=C\C(=O)OCCCCCCCCCCCCCC. The van der Waals surface area contributed by atoms with Crippen LogP contribution in [0.4, 0.5) is 0 Å². The van der Waals surface area contributed by atoms with Gasteiger partial charge >= 0.3 is 310 Å². The fraction of sp³-hybridized carbons (Fsp3) is 0.806. The number of hydrogen-bond donors (Lipinski definition) is 0. The van der Waals surface area contributed by atoms with Gasteiger partial charge < -0.3 is 0 Å². The molecule has 0 rings (SSSR count). The summed E-state index contributed by atoms with van der Waals surface area (Å²) in [5.41, 5.74) is 0. The summed E-state index contributed by atoms with van der Waals surface area (Å²) < 4.78 is 33.3. The smallest absolute Gasteiger partial charge is 0.0654 e. The molecule has 434 valence electrons. The number of carbonyl (C=O) groups excluding carboxylic acids is 6. The third kappa shape index (κ3) is 51.4. The second-order valence-electron chi connectivity index (χ2n) is 20.6. The number of esters is 3. The Bertz CT molecular complexity index is 1330. The van der Waals surface area contributed by atoms with Crippen LogP contribution in [0, 0.1) is 0 Å². The number of hydrogen-bond acceptors (Lipinski definition) is 12. The molecule has 0 aromatic rings. The quantitative estimate of drug-likeness (QED) is 0.0187. The molecule has 0 aromatic heterocycles. The van der Waals surface area contributed by atoms with E-state index in [4.69, 9.17) is 23.4 Å². The second kappa shape index (κ2) is 55.6. The van der Waals surface area contributed by atoms with Crippen LogP contribution in [-0.4, -0.2) is 75.3 Å². The molecule has 0 amide bonds. The van der Waals surface area contributed by atoms with Crippen LogP contribution in [0.5, 0.6) is 0 Å². The summed E-state index contributed by atoms with van der Waals surface area (Å²) in [6.07, 6.45) is 52.7. The van der Waals surface area contributed by atoms with Gasteiger partial charge in [0, 0.05) is 0 Å². The van der Waals surface area contributed by atoms with Crippen molar-refractivity contribution in [1.29, 1.82) is 0 Å². The molecule has 0 fully saturated rings. The third-order valence-corrected chi connectivity index (χ3v) is 20.5. The van der Waals surface area contributed by atoms with Crippen LogP contribution in [0.15, 0.2) is 36.5 Å². The standard InChI is InChI=1S/3C18H32O4.C8H17.Sn/c3*1-2-3-4-5-6-7-8-9-10-11-12-13-16-22-18(21)15-14-17(19)20;1-3-5-7-8-6-4-2;/h3*14-15H,2-13,16H2,1H3,(H,19,20);1,3-8H2,2H3;/q;;;;+3/p-3/b3*15-14-;;. The fourth-order valence-corrected chi connectivity index (χ4v) is 15.2. The Kier molecular flexibility index (Phi) is 53.2. The fourth-order valence-electron chi connectivity index (χ4n) is 8.80. The van der Waals surface area contributed by atoms with Crippen molar-refractivity contribution < 1.29 is 52.2 Å². The molecule has 0 radical (unpaired) electrons. The van der Waals surface area contributed by atoms with Gasteiger partial charge in [-0.15, -0.1) is 0 Å². The van der Waals surface area contributed by atoms with Crippen LogP contribution in [0.1, 0.15) is 297 Å². The van der Waals surface area contributed by atoms with E-state index in [1.807, 2.05) is 0 Å². The van der Waals surface area contributed by atoms with Crippen molar-refractivity contribution in [2.45, 2.75) is 302 Å². The minimum Gasteiger partial charge on any atom is -0.0654 e. The molecular formula is C62H110O12Sn. The summed E-state index contributed by atoms with van der Waals surface area (Å²) in [5, 5.41) is 0. The Hall–Kier alpha value is -3.16. The molecule has 0 saturated heterocycles. The molecule has 0 N–H and O–H groups in total. The summed E-state index contributed by atoms with van der Waals surface area (Å²) in [6, 6.07) is 0. The first-order chi connectivity index (χ1) is 36.6. The van der Waals surface area contributed by atoms with Gasteiger partial charge in [0.25, 0.3) is 0 Å². The van der Waals surface area contributed by atoms with E-state index in [1.54, 1.807) is 0 Å². The molecule has 0 aliphatic rings. The van der Waals surface area contributed by atoms with Crippen molar-refractivity contribution in [1.82, 2.24) is 0 Å². The molecule has 0 unspecified atom stereocenters. The van der Waals surface area contributed by atoms with Gasteiger partial charge in [-0.2, -0.15) is 0 Å². The van der Waals surface area contributed by atoms with Crippen molar-refractivity contribution in [3.8, 4) is 0 Å². The minimum absolute atomic E-state index is 0.0598. The normalized spacial score (nSPS) is 11.7. The first-order valence-corrected chi connectivity index (χ1v) is 36.4. The molecule has 0 saturated carbocycles. The van der Waals surface area contributed by atoms with E-state index in [-0.39, 0.29) is 24.3 Å². The molecule has 12 nitrogen and oxygen atoms in total. The van der Waals surface area contributed by atoms with Gasteiger partial charge in [0.1, 0.15) is 0 Å². The molecule has 13 heteroatoms. The van der Waals surface area contributed by atoms with Gasteiger partial charge in [-0.1, -0.05) is 156 Å². The first-order valence-electron chi connectivity index (χ1n) is 30.8. The van der Waals surface area contributed by atoms with Crippen molar-refractivity contribution in [3.63, 3.8) is 0 Å². The zero-order valence-corrected chi connectivity index (χ0v) is 51.2. The van der Waals surface area contributed by atoms with Crippen molar-refractivity contribution in [3.05, 3.63) is 36.5 Å². The van der Waals surface area contributed by atoms with Gasteiger partial charge in [-0.3, -0.25) is 0 Å². The van der Waals surface area contributed by atoms with Crippen molar-refractivity contribution >= 4 is 55.4 Å². The zero-order chi connectivity index (χ0) is 55.0. The summed E-state index contributed by atoms with van der Waals surface area (Å²) in [5.74, 6) is -5.40. The Morgan fingerprint density at radius 3 is 0.627 bits per heavy atom. The van der Waals surface area contributed by atoms with Crippen molar-refractivity contribution in [2.24, 2.45) is 0 Å². The van der Waals surface area contributed by atoms with Crippen LogP contribution in [0.25, 0.3) is 0 Å². The molecule has 0 aliphatic carbocycles. The summed E-state index contributed by atoms with van der Waals surface area (Å²) in [7, 11) is 0. The van der Waals surface area contributed by atoms with E-state index < -0.39 is 55.4 Å². The topological polar surface area (TPSA) is 158 Å². The number of rotatable bonds is 55. The minimum atomic E-state index is -5.63. The number of ether oxygens (including phenoxy) is 3. The van der Waals surface area contributed by atoms with E-state index in [1.165, 1.54) is 154 Å². The maximum absolute atomic E-state index is 13.4. The average molecular weight is 1170 g/mol. The molecule has 0 aromatic carbocycles. The molecule has 0 atom stereocenters. The number of unbranched alkanes of at least 4 members (excludes halogenated alkanes) is 38. The molecule has 0 aliphatic heterocycles. The predicted octanol–water partition coefficient (Wildman–Crippen LogP) is 17.3. The van der Waals surface area contributed by atoms with E-state index in [9.17, 15) is 28.8 Å². The molecule has 0 bridgehead atoms. The van der Waals surface area contributed by atoms with E-state index >= 15 is 0 Å². The van der Waals surface area contributed by atoms with Gasteiger partial charge in [0.2, 0.25) is 0 Å². The van der Waals surface area contributed by atoms with E-state index in [0.717, 1.165) is 120 Å².